The maximum Gasteiger partial charge on any atom is 0.248 e. The maximum atomic E-state index is 13.0. The Morgan fingerprint density at radius 2 is 1.74 bits per heavy atom. The maximum absolute atomic E-state index is 13.0. The van der Waals surface area contributed by atoms with E-state index in [0.29, 0.717) is 5.75 Å². The van der Waals surface area contributed by atoms with Crippen molar-refractivity contribution in [3.8, 4) is 17.2 Å². The van der Waals surface area contributed by atoms with Crippen molar-refractivity contribution in [1.29, 1.82) is 0 Å². The topological polar surface area (TPSA) is 85.9 Å². The Bertz CT molecular complexity index is 889. The van der Waals surface area contributed by atoms with Gasteiger partial charge in [0.25, 0.3) is 0 Å². The molecule has 7 nitrogen and oxygen atoms in total. The summed E-state index contributed by atoms with van der Waals surface area (Å²) < 4.78 is 44.4. The highest BCUT2D eigenvalue weighted by molar-refractivity contribution is 7.89. The van der Waals surface area contributed by atoms with Crippen LogP contribution in [0.1, 0.15) is 17.2 Å². The van der Waals surface area contributed by atoms with Gasteiger partial charge >= 0.3 is 0 Å². The standard InChI is InChI=1S/C19H24N2O5S/c1-24-14-10-17(25-2)19(18(11-14)26-3)27(22,23)21-12-16-15-7-5-4-6-13(15)8-9-20-16/h4-7,10-11,16,20-21H,8-9,12H2,1-3H3. The quantitative estimate of drug-likeness (QED) is 0.748. The molecule has 0 amide bonds. The molecule has 1 aliphatic rings. The van der Waals surface area contributed by atoms with Crippen molar-refractivity contribution in [3.63, 3.8) is 0 Å². The van der Waals surface area contributed by atoms with Gasteiger partial charge in [-0.05, 0) is 24.1 Å². The molecule has 1 unspecified atom stereocenters. The third-order valence-corrected chi connectivity index (χ3v) is 6.12. The lowest BCUT2D eigenvalue weighted by molar-refractivity contribution is 0.358. The molecule has 1 aliphatic heterocycles. The molecular formula is C19H24N2O5S. The van der Waals surface area contributed by atoms with Crippen molar-refractivity contribution in [2.24, 2.45) is 0 Å². The number of fused-ring (bicyclic) bond motifs is 1. The van der Waals surface area contributed by atoms with Crippen LogP contribution >= 0.6 is 0 Å². The summed E-state index contributed by atoms with van der Waals surface area (Å²) in [4.78, 5) is -0.0441. The van der Waals surface area contributed by atoms with Crippen LogP contribution in [0.2, 0.25) is 0 Å². The molecule has 1 heterocycles. The summed E-state index contributed by atoms with van der Waals surface area (Å²) in [6.45, 7) is 1.02. The number of ether oxygens (including phenoxy) is 3. The third kappa shape index (κ3) is 4.02. The van der Waals surface area contributed by atoms with Gasteiger partial charge in [0.15, 0.2) is 4.90 Å². The molecule has 2 aromatic carbocycles. The predicted octanol–water partition coefficient (Wildman–Crippen LogP) is 1.88. The molecule has 8 heteroatoms. The third-order valence-electron chi connectivity index (χ3n) is 4.63. The molecule has 0 spiro atoms. The van der Waals surface area contributed by atoms with Crippen molar-refractivity contribution >= 4 is 10.0 Å². The van der Waals surface area contributed by atoms with E-state index in [9.17, 15) is 8.42 Å². The van der Waals surface area contributed by atoms with E-state index in [2.05, 4.69) is 16.1 Å². The Morgan fingerprint density at radius 3 is 2.37 bits per heavy atom. The Morgan fingerprint density at radius 1 is 1.07 bits per heavy atom. The molecule has 3 rings (SSSR count). The number of sulfonamides is 1. The molecule has 2 N–H and O–H groups in total. The summed E-state index contributed by atoms with van der Waals surface area (Å²) in [7, 11) is 0.442. The highest BCUT2D eigenvalue weighted by Gasteiger charge is 2.28. The average molecular weight is 392 g/mol. The van der Waals surface area contributed by atoms with Gasteiger partial charge in [-0.1, -0.05) is 24.3 Å². The first-order valence-electron chi connectivity index (χ1n) is 8.61. The molecular weight excluding hydrogens is 368 g/mol. The van der Waals surface area contributed by atoms with Crippen LogP contribution in [0.4, 0.5) is 0 Å². The Labute approximate surface area is 159 Å². The number of hydrogen-bond acceptors (Lipinski definition) is 6. The van der Waals surface area contributed by atoms with E-state index < -0.39 is 10.0 Å². The molecule has 0 aromatic heterocycles. The van der Waals surface area contributed by atoms with Gasteiger partial charge in [-0.25, -0.2) is 13.1 Å². The van der Waals surface area contributed by atoms with E-state index in [0.717, 1.165) is 18.5 Å². The first-order chi connectivity index (χ1) is 13.0. The summed E-state index contributed by atoms with van der Waals surface area (Å²) in [5, 5.41) is 3.37. The number of methoxy groups -OCH3 is 3. The second-order valence-corrected chi connectivity index (χ2v) is 7.87. The van der Waals surface area contributed by atoms with Gasteiger partial charge in [-0.2, -0.15) is 0 Å². The summed E-state index contributed by atoms with van der Waals surface area (Å²) in [6.07, 6.45) is 0.930. The molecule has 146 valence electrons. The SMILES string of the molecule is COc1cc(OC)c(S(=O)(=O)NCC2NCCc3ccccc32)c(OC)c1. The largest absolute Gasteiger partial charge is 0.496 e. The second kappa shape index (κ2) is 8.16. The van der Waals surface area contributed by atoms with Crippen molar-refractivity contribution in [2.45, 2.75) is 17.4 Å². The second-order valence-electron chi connectivity index (χ2n) is 6.17. The van der Waals surface area contributed by atoms with E-state index in [4.69, 9.17) is 14.2 Å². The smallest absolute Gasteiger partial charge is 0.248 e. The minimum absolute atomic E-state index is 0.0441. The van der Waals surface area contributed by atoms with Crippen LogP contribution in [0.15, 0.2) is 41.3 Å². The van der Waals surface area contributed by atoms with Gasteiger partial charge in [0.1, 0.15) is 17.2 Å². The van der Waals surface area contributed by atoms with Crippen LogP contribution < -0.4 is 24.2 Å². The van der Waals surface area contributed by atoms with Crippen LogP contribution in [0.3, 0.4) is 0 Å². The van der Waals surface area contributed by atoms with Crippen molar-refractivity contribution < 1.29 is 22.6 Å². The van der Waals surface area contributed by atoms with E-state index in [1.807, 2.05) is 18.2 Å². The van der Waals surface area contributed by atoms with Crippen molar-refractivity contribution in [1.82, 2.24) is 10.0 Å². The van der Waals surface area contributed by atoms with E-state index in [-0.39, 0.29) is 29.0 Å². The number of hydrogen-bond donors (Lipinski definition) is 2. The highest BCUT2D eigenvalue weighted by atomic mass is 32.2. The van der Waals surface area contributed by atoms with Gasteiger partial charge in [0.05, 0.1) is 21.3 Å². The minimum atomic E-state index is -3.87. The number of benzene rings is 2. The summed E-state index contributed by atoms with van der Waals surface area (Å²) in [6, 6.07) is 11.0. The zero-order chi connectivity index (χ0) is 19.4. The van der Waals surface area contributed by atoms with E-state index in [1.165, 1.54) is 39.0 Å². The molecule has 2 aromatic rings. The Hall–Kier alpha value is -2.29. The molecule has 0 aliphatic carbocycles. The van der Waals surface area contributed by atoms with Gasteiger partial charge in [-0.15, -0.1) is 0 Å². The fraction of sp³-hybridized carbons (Fsp3) is 0.368. The summed E-state index contributed by atoms with van der Waals surface area (Å²) >= 11 is 0. The molecule has 1 atom stereocenters. The van der Waals surface area contributed by atoms with Crippen LogP contribution in [0, 0.1) is 0 Å². The minimum Gasteiger partial charge on any atom is -0.496 e. The zero-order valence-electron chi connectivity index (χ0n) is 15.6. The van der Waals surface area contributed by atoms with Crippen LogP contribution in [0.5, 0.6) is 17.2 Å². The highest BCUT2D eigenvalue weighted by Crippen LogP contribution is 2.37. The predicted molar refractivity (Wildman–Crippen MR) is 102 cm³/mol. The van der Waals surface area contributed by atoms with Gasteiger partial charge in [-0.3, -0.25) is 0 Å². The van der Waals surface area contributed by atoms with Crippen molar-refractivity contribution in [2.75, 3.05) is 34.4 Å². The van der Waals surface area contributed by atoms with Crippen molar-refractivity contribution in [3.05, 3.63) is 47.5 Å². The molecule has 0 radical (unpaired) electrons. The van der Waals surface area contributed by atoms with Crippen LogP contribution in [-0.4, -0.2) is 42.8 Å². The lowest BCUT2D eigenvalue weighted by Crippen LogP contribution is -2.39. The molecule has 27 heavy (non-hydrogen) atoms. The summed E-state index contributed by atoms with van der Waals surface area (Å²) in [5.74, 6) is 0.775. The van der Waals surface area contributed by atoms with Gasteiger partial charge in [0.2, 0.25) is 10.0 Å². The van der Waals surface area contributed by atoms with E-state index in [1.54, 1.807) is 0 Å². The molecule has 0 bridgehead atoms. The fourth-order valence-electron chi connectivity index (χ4n) is 3.28. The molecule has 0 saturated heterocycles. The average Bonchev–Trinajstić information content (AvgIpc) is 2.71. The lowest BCUT2D eigenvalue weighted by atomic mass is 9.95. The summed E-state index contributed by atoms with van der Waals surface area (Å²) in [5.41, 5.74) is 2.35. The van der Waals surface area contributed by atoms with Gasteiger partial charge < -0.3 is 19.5 Å². The normalized spacial score (nSPS) is 16.5. The number of rotatable bonds is 7. The molecule has 0 fully saturated rings. The fourth-order valence-corrected chi connectivity index (χ4v) is 4.62. The first kappa shape index (κ1) is 19.5. The van der Waals surface area contributed by atoms with Crippen LogP contribution in [0.25, 0.3) is 0 Å². The monoisotopic (exact) mass is 392 g/mol. The first-order valence-corrected chi connectivity index (χ1v) is 10.1. The number of nitrogens with one attached hydrogen (secondary N) is 2. The van der Waals surface area contributed by atoms with E-state index >= 15 is 0 Å². The Kier molecular flexibility index (Phi) is 5.88. The Balaban J connectivity index is 1.88. The lowest BCUT2D eigenvalue weighted by Gasteiger charge is -2.27. The van der Waals surface area contributed by atoms with Gasteiger partial charge in [0, 0.05) is 24.7 Å². The molecule has 0 saturated carbocycles. The van der Waals surface area contributed by atoms with Crippen LogP contribution in [-0.2, 0) is 16.4 Å². The zero-order valence-corrected chi connectivity index (χ0v) is 16.4.